The molecule has 0 amide bonds. The van der Waals surface area contributed by atoms with Crippen LogP contribution in [0, 0.1) is 0 Å². The summed E-state index contributed by atoms with van der Waals surface area (Å²) >= 11 is 0. The summed E-state index contributed by atoms with van der Waals surface area (Å²) in [7, 11) is 3.16. The number of rotatable bonds is 3. The van der Waals surface area contributed by atoms with Crippen molar-refractivity contribution in [3.05, 3.63) is 39.0 Å². The van der Waals surface area contributed by atoms with E-state index in [9.17, 15) is 9.59 Å². The second kappa shape index (κ2) is 4.89. The molecule has 1 atom stereocenters. The molecule has 1 unspecified atom stereocenters. The van der Waals surface area contributed by atoms with Crippen LogP contribution in [0.1, 0.15) is 6.92 Å². The van der Waals surface area contributed by atoms with Gasteiger partial charge in [0.15, 0.2) is 0 Å². The monoisotopic (exact) mass is 263 g/mol. The molecule has 0 aliphatic rings. The predicted molar refractivity (Wildman–Crippen MR) is 73.7 cm³/mol. The predicted octanol–water partition coefficient (Wildman–Crippen LogP) is 0.0560. The lowest BCUT2D eigenvalue weighted by atomic mass is 10.2. The number of aryl methyl sites for hydroxylation is 1. The second-order valence-electron chi connectivity index (χ2n) is 4.62. The van der Waals surface area contributed by atoms with Crippen LogP contribution < -0.4 is 21.7 Å². The van der Waals surface area contributed by atoms with Crippen LogP contribution in [0.2, 0.25) is 0 Å². The molecule has 0 aliphatic carbocycles. The first-order chi connectivity index (χ1) is 8.95. The Labute approximate surface area is 110 Å². The van der Waals surface area contributed by atoms with Gasteiger partial charge in [-0.25, -0.2) is 4.79 Å². The van der Waals surface area contributed by atoms with Crippen molar-refractivity contribution < 1.29 is 4.74 Å². The van der Waals surface area contributed by atoms with E-state index in [1.165, 1.54) is 16.2 Å². The highest BCUT2D eigenvalue weighted by Crippen LogP contribution is 2.16. The molecule has 0 spiro atoms. The number of aromatic nitrogens is 2. The molecule has 0 bridgehead atoms. The number of fused-ring (bicyclic) bond motifs is 1. The van der Waals surface area contributed by atoms with Crippen LogP contribution in [0.3, 0.4) is 0 Å². The highest BCUT2D eigenvalue weighted by molar-refractivity contribution is 5.79. The van der Waals surface area contributed by atoms with Gasteiger partial charge in [-0.05, 0) is 19.1 Å². The topological polar surface area (TPSA) is 79.2 Å². The van der Waals surface area contributed by atoms with Gasteiger partial charge in [0.1, 0.15) is 5.75 Å². The van der Waals surface area contributed by atoms with Crippen molar-refractivity contribution in [1.29, 1.82) is 0 Å². The quantitative estimate of drug-likeness (QED) is 0.849. The molecule has 0 aliphatic heterocycles. The molecule has 6 nitrogen and oxygen atoms in total. The molecule has 2 N–H and O–H groups in total. The molecule has 0 saturated heterocycles. The maximum absolute atomic E-state index is 12.3. The molecule has 1 aromatic heterocycles. The van der Waals surface area contributed by atoms with E-state index in [1.807, 2.05) is 0 Å². The minimum absolute atomic E-state index is 0.202. The van der Waals surface area contributed by atoms with Gasteiger partial charge in [0.05, 0.1) is 18.0 Å². The van der Waals surface area contributed by atoms with Gasteiger partial charge < -0.3 is 10.5 Å². The number of nitrogens with zero attached hydrogens (tertiary/aromatic N) is 2. The molecular formula is C13H17N3O3. The molecule has 0 fully saturated rings. The zero-order valence-electron chi connectivity index (χ0n) is 11.2. The van der Waals surface area contributed by atoms with Crippen molar-refractivity contribution >= 4 is 10.9 Å². The third-order valence-electron chi connectivity index (χ3n) is 3.03. The van der Waals surface area contributed by atoms with Crippen LogP contribution in [0.15, 0.2) is 27.8 Å². The first-order valence-electron chi connectivity index (χ1n) is 5.99. The van der Waals surface area contributed by atoms with Gasteiger partial charge in [0, 0.05) is 25.7 Å². The minimum Gasteiger partial charge on any atom is -0.497 e. The van der Waals surface area contributed by atoms with E-state index < -0.39 is 0 Å². The third kappa shape index (κ3) is 2.26. The molecule has 2 rings (SSSR count). The van der Waals surface area contributed by atoms with E-state index >= 15 is 0 Å². The van der Waals surface area contributed by atoms with Gasteiger partial charge in [-0.3, -0.25) is 13.9 Å². The summed E-state index contributed by atoms with van der Waals surface area (Å²) in [6, 6.07) is 4.77. The summed E-state index contributed by atoms with van der Waals surface area (Å²) in [6.07, 6.45) is 0. The summed E-state index contributed by atoms with van der Waals surface area (Å²) in [6.45, 7) is 1.96. The first kappa shape index (κ1) is 13.4. The molecule has 1 aromatic carbocycles. The zero-order chi connectivity index (χ0) is 14.2. The molecule has 1 heterocycles. The normalized spacial score (nSPS) is 12.6. The van der Waals surface area contributed by atoms with Crippen LogP contribution in [0.5, 0.6) is 5.75 Å². The number of hydrogen-bond donors (Lipinski definition) is 1. The van der Waals surface area contributed by atoms with Crippen molar-refractivity contribution in [1.82, 2.24) is 9.13 Å². The van der Waals surface area contributed by atoms with Gasteiger partial charge in [0.2, 0.25) is 0 Å². The SMILES string of the molecule is COc1ccc2c(=O)n(CC(C)N)c(=O)n(C)c2c1. The maximum Gasteiger partial charge on any atom is 0.331 e. The molecule has 19 heavy (non-hydrogen) atoms. The lowest BCUT2D eigenvalue weighted by Gasteiger charge is -2.13. The van der Waals surface area contributed by atoms with E-state index in [0.717, 1.165) is 0 Å². The van der Waals surface area contributed by atoms with Gasteiger partial charge in [-0.2, -0.15) is 0 Å². The minimum atomic E-state index is -0.372. The summed E-state index contributed by atoms with van der Waals surface area (Å²) in [5.41, 5.74) is 5.53. The summed E-state index contributed by atoms with van der Waals surface area (Å²) in [5, 5.41) is 0.476. The second-order valence-corrected chi connectivity index (χ2v) is 4.62. The molecular weight excluding hydrogens is 246 g/mol. The number of nitrogens with two attached hydrogens (primary N) is 1. The molecule has 0 radical (unpaired) electrons. The van der Waals surface area contributed by atoms with Gasteiger partial charge in [-0.15, -0.1) is 0 Å². The molecule has 2 aromatic rings. The maximum atomic E-state index is 12.3. The summed E-state index contributed by atoms with van der Waals surface area (Å²) in [4.78, 5) is 24.5. The van der Waals surface area contributed by atoms with Crippen molar-refractivity contribution in [2.75, 3.05) is 7.11 Å². The van der Waals surface area contributed by atoms with Crippen molar-refractivity contribution in [3.63, 3.8) is 0 Å². The fourth-order valence-electron chi connectivity index (χ4n) is 2.06. The van der Waals surface area contributed by atoms with E-state index in [0.29, 0.717) is 16.7 Å². The number of hydrogen-bond acceptors (Lipinski definition) is 4. The summed E-state index contributed by atoms with van der Waals surface area (Å²) < 4.78 is 7.71. The highest BCUT2D eigenvalue weighted by Gasteiger charge is 2.12. The largest absolute Gasteiger partial charge is 0.497 e. The first-order valence-corrected chi connectivity index (χ1v) is 5.99. The molecule has 102 valence electrons. The fraction of sp³-hybridized carbons (Fsp3) is 0.385. The standard InChI is InChI=1S/C13H17N3O3/c1-8(14)7-16-12(17)10-5-4-9(19-3)6-11(10)15(2)13(16)18/h4-6,8H,7,14H2,1-3H3. The van der Waals surface area contributed by atoms with Gasteiger partial charge in [0.25, 0.3) is 5.56 Å². The third-order valence-corrected chi connectivity index (χ3v) is 3.03. The zero-order valence-corrected chi connectivity index (χ0v) is 11.2. The van der Waals surface area contributed by atoms with Crippen molar-refractivity contribution in [3.8, 4) is 5.75 Å². The Morgan fingerprint density at radius 1 is 1.37 bits per heavy atom. The van der Waals surface area contributed by atoms with Crippen molar-refractivity contribution in [2.24, 2.45) is 12.8 Å². The van der Waals surface area contributed by atoms with E-state index in [1.54, 1.807) is 32.2 Å². The highest BCUT2D eigenvalue weighted by atomic mass is 16.5. The lowest BCUT2D eigenvalue weighted by molar-refractivity contribution is 0.415. The summed E-state index contributed by atoms with van der Waals surface area (Å²) in [5.74, 6) is 0.604. The molecule has 6 heteroatoms. The van der Waals surface area contributed by atoms with Crippen LogP contribution in [-0.4, -0.2) is 22.3 Å². The van der Waals surface area contributed by atoms with Crippen LogP contribution in [-0.2, 0) is 13.6 Å². The number of ether oxygens (including phenoxy) is 1. The fourth-order valence-corrected chi connectivity index (χ4v) is 2.06. The van der Waals surface area contributed by atoms with Crippen LogP contribution >= 0.6 is 0 Å². The average molecular weight is 263 g/mol. The Hall–Kier alpha value is -2.08. The van der Waals surface area contributed by atoms with E-state index in [2.05, 4.69) is 0 Å². The van der Waals surface area contributed by atoms with E-state index in [4.69, 9.17) is 10.5 Å². The Balaban J connectivity index is 2.83. The van der Waals surface area contributed by atoms with Crippen molar-refractivity contribution in [2.45, 2.75) is 19.5 Å². The van der Waals surface area contributed by atoms with E-state index in [-0.39, 0.29) is 23.8 Å². The number of methoxy groups -OCH3 is 1. The Kier molecular flexibility index (Phi) is 3.44. The Morgan fingerprint density at radius 2 is 2.05 bits per heavy atom. The Morgan fingerprint density at radius 3 is 2.63 bits per heavy atom. The Bertz CT molecular complexity index is 728. The van der Waals surface area contributed by atoms with Gasteiger partial charge >= 0.3 is 5.69 Å². The smallest absolute Gasteiger partial charge is 0.331 e. The molecule has 0 saturated carbocycles. The van der Waals surface area contributed by atoms with Gasteiger partial charge in [-0.1, -0.05) is 0 Å². The van der Waals surface area contributed by atoms with Crippen LogP contribution in [0.4, 0.5) is 0 Å². The van der Waals surface area contributed by atoms with Crippen LogP contribution in [0.25, 0.3) is 10.9 Å². The lowest BCUT2D eigenvalue weighted by Crippen LogP contribution is -2.42. The number of benzene rings is 1. The average Bonchev–Trinajstić information content (AvgIpc) is 2.40.